The largest absolute Gasteiger partial charge is 0.332 e. The number of aryl methyl sites for hydroxylation is 1. The van der Waals surface area contributed by atoms with E-state index in [1.807, 2.05) is 55.8 Å². The van der Waals surface area contributed by atoms with Gasteiger partial charge in [-0.1, -0.05) is 32.0 Å². The molecule has 3 aromatic rings. The maximum Gasteiger partial charge on any atom is 0.271 e. The van der Waals surface area contributed by atoms with E-state index < -0.39 is 0 Å². The molecule has 0 spiro atoms. The van der Waals surface area contributed by atoms with Crippen molar-refractivity contribution in [1.29, 1.82) is 0 Å². The van der Waals surface area contributed by atoms with Crippen molar-refractivity contribution in [3.05, 3.63) is 68.0 Å². The SMILES string of the molecule is CC(C)c1nc2c(c(=O)c3c(n2C)CCCC3)c(=O)n1-c1ccccc1. The molecular formula is C21H23N3O2. The van der Waals surface area contributed by atoms with Crippen LogP contribution < -0.4 is 11.0 Å². The van der Waals surface area contributed by atoms with E-state index in [1.54, 1.807) is 4.57 Å². The molecule has 5 nitrogen and oxygen atoms in total. The molecule has 2 aromatic heterocycles. The molecule has 0 radical (unpaired) electrons. The van der Waals surface area contributed by atoms with Crippen molar-refractivity contribution in [3.63, 3.8) is 0 Å². The van der Waals surface area contributed by atoms with Crippen molar-refractivity contribution in [2.75, 3.05) is 0 Å². The van der Waals surface area contributed by atoms with Gasteiger partial charge in [-0.3, -0.25) is 14.2 Å². The van der Waals surface area contributed by atoms with Gasteiger partial charge < -0.3 is 4.57 Å². The van der Waals surface area contributed by atoms with Crippen LogP contribution in [0.3, 0.4) is 0 Å². The highest BCUT2D eigenvalue weighted by Crippen LogP contribution is 2.23. The van der Waals surface area contributed by atoms with Gasteiger partial charge in [-0.05, 0) is 37.8 Å². The summed E-state index contributed by atoms with van der Waals surface area (Å²) in [7, 11) is 1.93. The lowest BCUT2D eigenvalue weighted by atomic mass is 9.94. The summed E-state index contributed by atoms with van der Waals surface area (Å²) in [5, 5.41) is 0.210. The third-order valence-corrected chi connectivity index (χ3v) is 5.28. The van der Waals surface area contributed by atoms with Crippen molar-refractivity contribution in [1.82, 2.24) is 14.1 Å². The molecule has 0 N–H and O–H groups in total. The number of rotatable bonds is 2. The molecule has 0 unspecified atom stereocenters. The van der Waals surface area contributed by atoms with Crippen LogP contribution >= 0.6 is 0 Å². The number of aromatic nitrogens is 3. The number of pyridine rings is 1. The molecule has 134 valence electrons. The highest BCUT2D eigenvalue weighted by atomic mass is 16.1. The summed E-state index contributed by atoms with van der Waals surface area (Å²) in [4.78, 5) is 31.4. The van der Waals surface area contributed by atoms with E-state index in [1.165, 1.54) is 0 Å². The van der Waals surface area contributed by atoms with Gasteiger partial charge in [-0.15, -0.1) is 0 Å². The van der Waals surface area contributed by atoms with E-state index in [-0.39, 0.29) is 22.3 Å². The molecule has 4 rings (SSSR count). The Balaban J connectivity index is 2.19. The Kier molecular flexibility index (Phi) is 4.02. The number of hydrogen-bond acceptors (Lipinski definition) is 3. The second-order valence-electron chi connectivity index (χ2n) is 7.32. The van der Waals surface area contributed by atoms with E-state index in [2.05, 4.69) is 0 Å². The fourth-order valence-corrected chi connectivity index (χ4v) is 3.96. The van der Waals surface area contributed by atoms with E-state index in [0.29, 0.717) is 11.5 Å². The molecule has 1 aliphatic carbocycles. The second-order valence-corrected chi connectivity index (χ2v) is 7.32. The predicted molar refractivity (Wildman–Crippen MR) is 103 cm³/mol. The van der Waals surface area contributed by atoms with E-state index >= 15 is 0 Å². The molecule has 1 aromatic carbocycles. The molecule has 1 aliphatic rings. The van der Waals surface area contributed by atoms with Gasteiger partial charge in [0.15, 0.2) is 11.1 Å². The zero-order chi connectivity index (χ0) is 18.4. The van der Waals surface area contributed by atoms with Gasteiger partial charge in [-0.25, -0.2) is 4.98 Å². The third-order valence-electron chi connectivity index (χ3n) is 5.28. The molecule has 0 aliphatic heterocycles. The molecule has 2 heterocycles. The number of benzene rings is 1. The first kappa shape index (κ1) is 16.8. The smallest absolute Gasteiger partial charge is 0.271 e. The molecular weight excluding hydrogens is 326 g/mol. The fraction of sp³-hybridized carbons (Fsp3) is 0.381. The van der Waals surface area contributed by atoms with Crippen LogP contribution in [0.5, 0.6) is 0 Å². The normalized spacial score (nSPS) is 14.0. The van der Waals surface area contributed by atoms with Crippen LogP contribution in [-0.2, 0) is 19.9 Å². The van der Waals surface area contributed by atoms with Crippen LogP contribution in [0.15, 0.2) is 39.9 Å². The predicted octanol–water partition coefficient (Wildman–Crippen LogP) is 3.09. The van der Waals surface area contributed by atoms with Crippen LogP contribution in [0, 0.1) is 0 Å². The van der Waals surface area contributed by atoms with Crippen LogP contribution in [0.25, 0.3) is 16.7 Å². The average Bonchev–Trinajstić information content (AvgIpc) is 2.66. The van der Waals surface area contributed by atoms with E-state index in [0.717, 1.165) is 42.6 Å². The Morgan fingerprint density at radius 2 is 1.73 bits per heavy atom. The molecule has 26 heavy (non-hydrogen) atoms. The van der Waals surface area contributed by atoms with Crippen molar-refractivity contribution >= 4 is 11.0 Å². The topological polar surface area (TPSA) is 56.9 Å². The number of para-hydroxylation sites is 1. The van der Waals surface area contributed by atoms with Crippen LogP contribution in [0.2, 0.25) is 0 Å². The summed E-state index contributed by atoms with van der Waals surface area (Å²) in [6, 6.07) is 9.45. The minimum absolute atomic E-state index is 0.0541. The zero-order valence-electron chi connectivity index (χ0n) is 15.5. The Bertz CT molecular complexity index is 1110. The summed E-state index contributed by atoms with van der Waals surface area (Å²) in [6.45, 7) is 4.03. The van der Waals surface area contributed by atoms with E-state index in [4.69, 9.17) is 4.98 Å². The Labute approximate surface area is 151 Å². The van der Waals surface area contributed by atoms with Gasteiger partial charge in [0.25, 0.3) is 5.56 Å². The lowest BCUT2D eigenvalue weighted by Crippen LogP contribution is -2.33. The number of fused-ring (bicyclic) bond motifs is 2. The maximum absolute atomic E-state index is 13.4. The van der Waals surface area contributed by atoms with Crippen molar-refractivity contribution in [2.45, 2.75) is 45.4 Å². The quantitative estimate of drug-likeness (QED) is 0.714. The lowest BCUT2D eigenvalue weighted by molar-refractivity contribution is 0.630. The average molecular weight is 349 g/mol. The van der Waals surface area contributed by atoms with Gasteiger partial charge >= 0.3 is 0 Å². The summed E-state index contributed by atoms with van der Waals surface area (Å²) >= 11 is 0. The first-order valence-electron chi connectivity index (χ1n) is 9.23. The van der Waals surface area contributed by atoms with Gasteiger partial charge in [0.05, 0.1) is 5.69 Å². The van der Waals surface area contributed by atoms with Crippen molar-refractivity contribution in [2.24, 2.45) is 7.05 Å². The zero-order valence-corrected chi connectivity index (χ0v) is 15.5. The summed E-state index contributed by atoms with van der Waals surface area (Å²) < 4.78 is 3.57. The van der Waals surface area contributed by atoms with Gasteiger partial charge in [-0.2, -0.15) is 0 Å². The Hall–Kier alpha value is -2.69. The summed E-state index contributed by atoms with van der Waals surface area (Å²) in [6.07, 6.45) is 3.69. The summed E-state index contributed by atoms with van der Waals surface area (Å²) in [5.41, 5.74) is 2.69. The minimum atomic E-state index is -0.265. The first-order chi connectivity index (χ1) is 12.5. The fourth-order valence-electron chi connectivity index (χ4n) is 3.96. The molecule has 0 fully saturated rings. The maximum atomic E-state index is 13.4. The standard InChI is InChI=1S/C21H23N3O2/c1-13(2)19-22-20-17(21(26)24(19)14-9-5-4-6-10-14)18(25)15-11-7-8-12-16(15)23(20)3/h4-6,9-10,13H,7-8,11-12H2,1-3H3. The van der Waals surface area contributed by atoms with Crippen molar-refractivity contribution < 1.29 is 0 Å². The Morgan fingerprint density at radius 1 is 1.04 bits per heavy atom. The Morgan fingerprint density at radius 3 is 2.42 bits per heavy atom. The lowest BCUT2D eigenvalue weighted by Gasteiger charge is -2.22. The monoisotopic (exact) mass is 349 g/mol. The highest BCUT2D eigenvalue weighted by Gasteiger charge is 2.24. The van der Waals surface area contributed by atoms with Crippen LogP contribution in [0.4, 0.5) is 0 Å². The molecule has 5 heteroatoms. The van der Waals surface area contributed by atoms with Crippen LogP contribution in [0.1, 0.15) is 49.7 Å². The molecule has 0 amide bonds. The van der Waals surface area contributed by atoms with Crippen molar-refractivity contribution in [3.8, 4) is 5.69 Å². The van der Waals surface area contributed by atoms with Gasteiger partial charge in [0.1, 0.15) is 11.2 Å². The number of hydrogen-bond donors (Lipinski definition) is 0. The minimum Gasteiger partial charge on any atom is -0.332 e. The van der Waals surface area contributed by atoms with Gasteiger partial charge in [0, 0.05) is 24.2 Å². The number of nitrogens with zero attached hydrogens (tertiary/aromatic N) is 3. The molecule has 0 saturated carbocycles. The van der Waals surface area contributed by atoms with Crippen LogP contribution in [-0.4, -0.2) is 14.1 Å². The first-order valence-corrected chi connectivity index (χ1v) is 9.23. The molecule has 0 atom stereocenters. The second kappa shape index (κ2) is 6.24. The molecule has 0 saturated heterocycles. The van der Waals surface area contributed by atoms with Gasteiger partial charge in [0.2, 0.25) is 0 Å². The highest BCUT2D eigenvalue weighted by molar-refractivity contribution is 5.76. The van der Waals surface area contributed by atoms with E-state index in [9.17, 15) is 9.59 Å². The third kappa shape index (κ3) is 2.42. The molecule has 0 bridgehead atoms. The summed E-state index contributed by atoms with van der Waals surface area (Å²) in [5.74, 6) is 0.734.